The normalized spacial score (nSPS) is 27.7. The molecule has 0 aromatic heterocycles. The molecule has 0 radical (unpaired) electrons. The minimum absolute atomic E-state index is 0.478. The van der Waals surface area contributed by atoms with E-state index >= 15 is 0 Å². The number of carbonyl (C=O) groups is 2. The van der Waals surface area contributed by atoms with E-state index in [2.05, 4.69) is 6.92 Å². The molecule has 2 atom stereocenters. The quantitative estimate of drug-likeness (QED) is 0.508. The van der Waals surface area contributed by atoms with Crippen molar-refractivity contribution in [2.45, 2.75) is 97.3 Å². The Labute approximate surface area is 140 Å². The van der Waals surface area contributed by atoms with Gasteiger partial charge in [-0.2, -0.15) is 0 Å². The van der Waals surface area contributed by atoms with Crippen LogP contribution in [0.5, 0.6) is 0 Å². The van der Waals surface area contributed by atoms with Crippen LogP contribution in [0.25, 0.3) is 0 Å². The number of carboxylic acids is 2. The van der Waals surface area contributed by atoms with Crippen LogP contribution in [-0.2, 0) is 9.59 Å². The Morgan fingerprint density at radius 1 is 0.826 bits per heavy atom. The van der Waals surface area contributed by atoms with E-state index in [0.717, 1.165) is 32.1 Å². The van der Waals surface area contributed by atoms with Crippen LogP contribution < -0.4 is 0 Å². The first-order valence-electron chi connectivity index (χ1n) is 9.37. The van der Waals surface area contributed by atoms with Crippen LogP contribution in [0.1, 0.15) is 97.3 Å². The lowest BCUT2D eigenvalue weighted by molar-refractivity contribution is -0.179. The van der Waals surface area contributed by atoms with Crippen molar-refractivity contribution in [1.29, 1.82) is 0 Å². The molecule has 1 aliphatic rings. The van der Waals surface area contributed by atoms with Gasteiger partial charge in [0.2, 0.25) is 0 Å². The molecule has 0 spiro atoms. The number of hydrogen-bond acceptors (Lipinski definition) is 2. The SMILES string of the molecule is CCCCCCCCCCC1(C(=O)O)CCCCC1(C)C(=O)O. The van der Waals surface area contributed by atoms with E-state index < -0.39 is 22.8 Å². The van der Waals surface area contributed by atoms with Gasteiger partial charge >= 0.3 is 11.9 Å². The van der Waals surface area contributed by atoms with Crippen molar-refractivity contribution >= 4 is 11.9 Å². The highest BCUT2D eigenvalue weighted by molar-refractivity contribution is 5.86. The summed E-state index contributed by atoms with van der Waals surface area (Å²) in [6.45, 7) is 3.85. The van der Waals surface area contributed by atoms with E-state index in [0.29, 0.717) is 19.3 Å². The summed E-state index contributed by atoms with van der Waals surface area (Å²) in [5.41, 5.74) is -2.21. The van der Waals surface area contributed by atoms with Crippen LogP contribution >= 0.6 is 0 Å². The van der Waals surface area contributed by atoms with Crippen LogP contribution in [0.4, 0.5) is 0 Å². The molecule has 2 unspecified atom stereocenters. The van der Waals surface area contributed by atoms with Crippen molar-refractivity contribution < 1.29 is 19.8 Å². The third-order valence-electron chi connectivity index (χ3n) is 5.93. The van der Waals surface area contributed by atoms with E-state index in [4.69, 9.17) is 0 Å². The first-order chi connectivity index (χ1) is 10.9. The third kappa shape index (κ3) is 4.71. The first-order valence-corrected chi connectivity index (χ1v) is 9.37. The first kappa shape index (κ1) is 20.0. The molecule has 4 nitrogen and oxygen atoms in total. The topological polar surface area (TPSA) is 74.6 Å². The molecule has 1 aliphatic carbocycles. The number of aliphatic carboxylic acids is 2. The van der Waals surface area contributed by atoms with Crippen molar-refractivity contribution in [2.24, 2.45) is 10.8 Å². The second kappa shape index (κ2) is 9.29. The van der Waals surface area contributed by atoms with Gasteiger partial charge in [0.1, 0.15) is 0 Å². The molecule has 0 aromatic rings. The van der Waals surface area contributed by atoms with E-state index in [1.54, 1.807) is 6.92 Å². The van der Waals surface area contributed by atoms with Gasteiger partial charge in [-0.05, 0) is 26.2 Å². The predicted molar refractivity (Wildman–Crippen MR) is 91.5 cm³/mol. The summed E-state index contributed by atoms with van der Waals surface area (Å²) in [4.78, 5) is 23.7. The summed E-state index contributed by atoms with van der Waals surface area (Å²) in [7, 11) is 0. The Hall–Kier alpha value is -1.06. The van der Waals surface area contributed by atoms with Gasteiger partial charge in [0.05, 0.1) is 10.8 Å². The maximum atomic E-state index is 12.0. The molecule has 1 rings (SSSR count). The fourth-order valence-corrected chi connectivity index (χ4v) is 4.14. The van der Waals surface area contributed by atoms with Crippen LogP contribution in [-0.4, -0.2) is 22.2 Å². The summed E-state index contributed by atoms with van der Waals surface area (Å²) >= 11 is 0. The molecule has 134 valence electrons. The van der Waals surface area contributed by atoms with Gasteiger partial charge in [-0.1, -0.05) is 71.1 Å². The fourth-order valence-electron chi connectivity index (χ4n) is 4.14. The fraction of sp³-hybridized carbons (Fsp3) is 0.895. The van der Waals surface area contributed by atoms with Gasteiger partial charge in [0, 0.05) is 0 Å². The Kier molecular flexibility index (Phi) is 8.07. The number of carboxylic acid groups (broad SMARTS) is 2. The van der Waals surface area contributed by atoms with E-state index in [1.165, 1.54) is 32.1 Å². The maximum absolute atomic E-state index is 12.0. The van der Waals surface area contributed by atoms with Crippen LogP contribution in [0, 0.1) is 10.8 Å². The minimum Gasteiger partial charge on any atom is -0.481 e. The molecule has 23 heavy (non-hydrogen) atoms. The zero-order valence-electron chi connectivity index (χ0n) is 14.9. The van der Waals surface area contributed by atoms with Gasteiger partial charge in [-0.25, -0.2) is 0 Å². The van der Waals surface area contributed by atoms with Crippen LogP contribution in [0.3, 0.4) is 0 Å². The molecular formula is C19H34O4. The number of rotatable bonds is 11. The average molecular weight is 326 g/mol. The Morgan fingerprint density at radius 3 is 1.87 bits per heavy atom. The molecule has 0 aromatic carbocycles. The van der Waals surface area contributed by atoms with E-state index in [-0.39, 0.29) is 0 Å². The summed E-state index contributed by atoms with van der Waals surface area (Å²) in [5, 5.41) is 19.5. The third-order valence-corrected chi connectivity index (χ3v) is 5.93. The molecule has 0 bridgehead atoms. The molecule has 2 N–H and O–H groups in total. The standard InChI is InChI=1S/C19H34O4/c1-3-4-5-6-7-8-9-10-14-19(17(22)23)15-12-11-13-18(19,2)16(20)21/h3-15H2,1-2H3,(H,20,21)(H,22,23). The molecule has 0 aliphatic heterocycles. The lowest BCUT2D eigenvalue weighted by Crippen LogP contribution is -2.52. The second-order valence-electron chi connectivity index (χ2n) is 7.46. The predicted octanol–water partition coefficient (Wildman–Crippen LogP) is 5.25. The van der Waals surface area contributed by atoms with Gasteiger partial charge < -0.3 is 10.2 Å². The number of hydrogen-bond donors (Lipinski definition) is 2. The van der Waals surface area contributed by atoms with Crippen molar-refractivity contribution in [3.8, 4) is 0 Å². The van der Waals surface area contributed by atoms with E-state index in [1.807, 2.05) is 0 Å². The average Bonchev–Trinajstić information content (AvgIpc) is 2.51. The van der Waals surface area contributed by atoms with E-state index in [9.17, 15) is 19.8 Å². The smallest absolute Gasteiger partial charge is 0.310 e. The van der Waals surface area contributed by atoms with Crippen molar-refractivity contribution in [2.75, 3.05) is 0 Å². The summed E-state index contributed by atoms with van der Waals surface area (Å²) < 4.78 is 0. The molecule has 4 heteroatoms. The van der Waals surface area contributed by atoms with Crippen LogP contribution in [0.15, 0.2) is 0 Å². The second-order valence-corrected chi connectivity index (χ2v) is 7.46. The molecular weight excluding hydrogens is 292 g/mol. The lowest BCUT2D eigenvalue weighted by atomic mass is 9.55. The molecule has 0 saturated heterocycles. The lowest BCUT2D eigenvalue weighted by Gasteiger charge is -2.46. The monoisotopic (exact) mass is 326 g/mol. The van der Waals surface area contributed by atoms with Crippen LogP contribution in [0.2, 0.25) is 0 Å². The largest absolute Gasteiger partial charge is 0.481 e. The summed E-state index contributed by atoms with van der Waals surface area (Å²) in [6.07, 6.45) is 12.4. The van der Waals surface area contributed by atoms with Crippen molar-refractivity contribution in [3.63, 3.8) is 0 Å². The Balaban J connectivity index is 2.54. The molecule has 0 amide bonds. The highest BCUT2D eigenvalue weighted by Gasteiger charge is 2.58. The maximum Gasteiger partial charge on any atom is 0.310 e. The summed E-state index contributed by atoms with van der Waals surface area (Å²) in [5.74, 6) is -1.86. The van der Waals surface area contributed by atoms with Gasteiger partial charge in [0.25, 0.3) is 0 Å². The highest BCUT2D eigenvalue weighted by Crippen LogP contribution is 2.54. The molecule has 0 heterocycles. The zero-order chi connectivity index (χ0) is 17.3. The Bertz CT molecular complexity index is 393. The molecule has 1 saturated carbocycles. The summed E-state index contributed by atoms with van der Waals surface area (Å²) in [6, 6.07) is 0. The minimum atomic E-state index is -1.13. The zero-order valence-corrected chi connectivity index (χ0v) is 14.9. The van der Waals surface area contributed by atoms with Gasteiger partial charge in [-0.3, -0.25) is 9.59 Å². The van der Waals surface area contributed by atoms with Gasteiger partial charge in [0.15, 0.2) is 0 Å². The van der Waals surface area contributed by atoms with Crippen molar-refractivity contribution in [3.05, 3.63) is 0 Å². The number of unbranched alkanes of at least 4 members (excludes halogenated alkanes) is 7. The van der Waals surface area contributed by atoms with Gasteiger partial charge in [-0.15, -0.1) is 0 Å². The van der Waals surface area contributed by atoms with Crippen molar-refractivity contribution in [1.82, 2.24) is 0 Å². The Morgan fingerprint density at radius 2 is 1.35 bits per heavy atom. The highest BCUT2D eigenvalue weighted by atomic mass is 16.4. The molecule has 1 fully saturated rings.